The minimum atomic E-state index is 0. The van der Waals surface area contributed by atoms with Gasteiger partial charge in [-0.25, -0.2) is 4.98 Å². The predicted octanol–water partition coefficient (Wildman–Crippen LogP) is 2.26. The van der Waals surface area contributed by atoms with Crippen LogP contribution < -0.4 is 15.5 Å². The fraction of sp³-hybridized carbons (Fsp3) is 0.667. The van der Waals surface area contributed by atoms with Gasteiger partial charge in [-0.3, -0.25) is 4.99 Å². The molecule has 1 heterocycles. The average Bonchev–Trinajstić information content (AvgIpc) is 2.63. The molecule has 0 radical (unpaired) electrons. The Labute approximate surface area is 175 Å². The highest BCUT2D eigenvalue weighted by Gasteiger charge is 2.02. The maximum Gasteiger partial charge on any atom is 0.191 e. The number of nitrogens with zero attached hydrogens (tertiary/aromatic N) is 3. The molecule has 1 aromatic rings. The van der Waals surface area contributed by atoms with Gasteiger partial charge in [-0.05, 0) is 18.6 Å². The second-order valence-electron chi connectivity index (χ2n) is 5.81. The average molecular weight is 479 g/mol. The third-order valence-corrected chi connectivity index (χ3v) is 3.46. The first-order valence-electron chi connectivity index (χ1n) is 8.90. The Kier molecular flexibility index (Phi) is 15.4. The maximum absolute atomic E-state index is 5.53. The fourth-order valence-corrected chi connectivity index (χ4v) is 2.02. The molecule has 0 aromatic carbocycles. The van der Waals surface area contributed by atoms with Gasteiger partial charge in [0.05, 0.1) is 32.1 Å². The molecule has 8 heteroatoms. The van der Waals surface area contributed by atoms with Crippen molar-refractivity contribution in [1.29, 1.82) is 0 Å². The highest BCUT2D eigenvalue weighted by molar-refractivity contribution is 14.0. The van der Waals surface area contributed by atoms with Crippen LogP contribution in [0.1, 0.15) is 25.5 Å². The Hall–Kier alpha value is -1.13. The molecule has 0 aliphatic rings. The summed E-state index contributed by atoms with van der Waals surface area (Å²) in [5.41, 5.74) is 0.967. The lowest BCUT2D eigenvalue weighted by molar-refractivity contribution is 0.0487. The Morgan fingerprint density at radius 1 is 1.12 bits per heavy atom. The van der Waals surface area contributed by atoms with Crippen LogP contribution in [-0.4, -0.2) is 65.1 Å². The molecule has 0 bridgehead atoms. The van der Waals surface area contributed by atoms with Crippen molar-refractivity contribution < 1.29 is 9.47 Å². The standard InChI is InChI=1S/C18H33N5O2.HI/c1-5-6-11-24-13-14-25-12-10-20-18(19-2)21-15-16-8-7-9-17(22-16)23(3)4;/h7-9H,5-6,10-15H2,1-4H3,(H2,19,20,21);1H. The molecule has 150 valence electrons. The molecule has 0 amide bonds. The van der Waals surface area contributed by atoms with E-state index in [9.17, 15) is 0 Å². The van der Waals surface area contributed by atoms with Gasteiger partial charge in [0.1, 0.15) is 5.82 Å². The van der Waals surface area contributed by atoms with Crippen LogP contribution in [0.3, 0.4) is 0 Å². The normalized spacial score (nSPS) is 11.0. The monoisotopic (exact) mass is 479 g/mol. The Morgan fingerprint density at radius 2 is 1.85 bits per heavy atom. The van der Waals surface area contributed by atoms with Crippen LogP contribution in [0.4, 0.5) is 5.82 Å². The zero-order valence-corrected chi connectivity index (χ0v) is 18.8. The van der Waals surface area contributed by atoms with Gasteiger partial charge in [-0.1, -0.05) is 19.4 Å². The van der Waals surface area contributed by atoms with Gasteiger partial charge in [0, 0.05) is 34.3 Å². The van der Waals surface area contributed by atoms with Crippen LogP contribution in [0.5, 0.6) is 0 Å². The molecule has 0 saturated carbocycles. The van der Waals surface area contributed by atoms with E-state index >= 15 is 0 Å². The van der Waals surface area contributed by atoms with Crippen LogP contribution in [0.15, 0.2) is 23.2 Å². The zero-order chi connectivity index (χ0) is 18.3. The molecule has 2 N–H and O–H groups in total. The van der Waals surface area contributed by atoms with Crippen molar-refractivity contribution in [2.45, 2.75) is 26.3 Å². The summed E-state index contributed by atoms with van der Waals surface area (Å²) in [7, 11) is 5.71. The topological polar surface area (TPSA) is 71.0 Å². The molecule has 0 unspecified atom stereocenters. The Morgan fingerprint density at radius 3 is 2.50 bits per heavy atom. The molecule has 26 heavy (non-hydrogen) atoms. The van der Waals surface area contributed by atoms with Crippen molar-refractivity contribution in [3.05, 3.63) is 23.9 Å². The summed E-state index contributed by atoms with van der Waals surface area (Å²) < 4.78 is 11.0. The summed E-state index contributed by atoms with van der Waals surface area (Å²) in [6.07, 6.45) is 2.27. The highest BCUT2D eigenvalue weighted by Crippen LogP contribution is 2.07. The first kappa shape index (κ1) is 24.9. The number of hydrogen-bond acceptors (Lipinski definition) is 5. The van der Waals surface area contributed by atoms with E-state index in [1.54, 1.807) is 7.05 Å². The molecule has 7 nitrogen and oxygen atoms in total. The van der Waals surface area contributed by atoms with Crippen molar-refractivity contribution in [3.8, 4) is 0 Å². The number of anilines is 1. The second kappa shape index (κ2) is 16.1. The third kappa shape index (κ3) is 11.5. The highest BCUT2D eigenvalue weighted by atomic mass is 127. The number of guanidine groups is 1. The molecule has 1 rings (SSSR count). The second-order valence-corrected chi connectivity index (χ2v) is 5.81. The summed E-state index contributed by atoms with van der Waals surface area (Å²) in [5.74, 6) is 1.68. The number of aromatic nitrogens is 1. The van der Waals surface area contributed by atoms with E-state index in [2.05, 4.69) is 27.5 Å². The zero-order valence-electron chi connectivity index (χ0n) is 16.5. The van der Waals surface area contributed by atoms with Gasteiger partial charge in [0.15, 0.2) is 5.96 Å². The van der Waals surface area contributed by atoms with Gasteiger partial charge in [0.2, 0.25) is 0 Å². The third-order valence-electron chi connectivity index (χ3n) is 3.46. The lowest BCUT2D eigenvalue weighted by atomic mass is 10.3. The van der Waals surface area contributed by atoms with Crippen LogP contribution in [0.25, 0.3) is 0 Å². The number of ether oxygens (including phenoxy) is 2. The van der Waals surface area contributed by atoms with Crippen LogP contribution in [-0.2, 0) is 16.0 Å². The Bertz CT molecular complexity index is 500. The molecular formula is C18H34IN5O2. The van der Waals surface area contributed by atoms with Crippen molar-refractivity contribution in [3.63, 3.8) is 0 Å². The van der Waals surface area contributed by atoms with E-state index in [1.807, 2.05) is 37.2 Å². The van der Waals surface area contributed by atoms with Crippen molar-refractivity contribution in [2.75, 3.05) is 59.0 Å². The van der Waals surface area contributed by atoms with E-state index in [0.29, 0.717) is 32.9 Å². The molecular weight excluding hydrogens is 445 g/mol. The first-order chi connectivity index (χ1) is 12.2. The van der Waals surface area contributed by atoms with Crippen molar-refractivity contribution in [2.24, 2.45) is 4.99 Å². The summed E-state index contributed by atoms with van der Waals surface area (Å²) in [5, 5.41) is 6.48. The van der Waals surface area contributed by atoms with Gasteiger partial charge < -0.3 is 25.0 Å². The molecule has 0 aliphatic carbocycles. The fourth-order valence-electron chi connectivity index (χ4n) is 2.02. The smallest absolute Gasteiger partial charge is 0.191 e. The van der Waals surface area contributed by atoms with Crippen molar-refractivity contribution in [1.82, 2.24) is 15.6 Å². The number of hydrogen-bond donors (Lipinski definition) is 2. The maximum atomic E-state index is 5.53. The van der Waals surface area contributed by atoms with Crippen LogP contribution in [0, 0.1) is 0 Å². The number of nitrogens with one attached hydrogen (secondary N) is 2. The molecule has 0 fully saturated rings. The number of unbranched alkanes of at least 4 members (excludes halogenated alkanes) is 1. The number of pyridine rings is 1. The van der Waals surface area contributed by atoms with E-state index < -0.39 is 0 Å². The first-order valence-corrected chi connectivity index (χ1v) is 8.90. The lowest BCUT2D eigenvalue weighted by Crippen LogP contribution is -2.38. The summed E-state index contributed by atoms with van der Waals surface area (Å²) >= 11 is 0. The quantitative estimate of drug-likeness (QED) is 0.208. The van der Waals surface area contributed by atoms with Gasteiger partial charge >= 0.3 is 0 Å². The Balaban J connectivity index is 0.00000625. The van der Waals surface area contributed by atoms with E-state index in [0.717, 1.165) is 36.9 Å². The van der Waals surface area contributed by atoms with Crippen LogP contribution in [0.2, 0.25) is 0 Å². The van der Waals surface area contributed by atoms with E-state index in [4.69, 9.17) is 9.47 Å². The van der Waals surface area contributed by atoms with Gasteiger partial charge in [0.25, 0.3) is 0 Å². The minimum absolute atomic E-state index is 0. The van der Waals surface area contributed by atoms with E-state index in [-0.39, 0.29) is 24.0 Å². The van der Waals surface area contributed by atoms with Crippen LogP contribution >= 0.6 is 24.0 Å². The molecule has 0 atom stereocenters. The number of rotatable bonds is 12. The van der Waals surface area contributed by atoms with Crippen molar-refractivity contribution >= 4 is 35.8 Å². The predicted molar refractivity (Wildman–Crippen MR) is 119 cm³/mol. The number of aliphatic imine (C=N–C) groups is 1. The molecule has 0 saturated heterocycles. The largest absolute Gasteiger partial charge is 0.379 e. The molecule has 0 spiro atoms. The lowest BCUT2D eigenvalue weighted by Gasteiger charge is -2.14. The van der Waals surface area contributed by atoms with Gasteiger partial charge in [-0.2, -0.15) is 0 Å². The van der Waals surface area contributed by atoms with Gasteiger partial charge in [-0.15, -0.1) is 24.0 Å². The SMILES string of the molecule is CCCCOCCOCCNC(=NC)NCc1cccc(N(C)C)n1.I. The van der Waals surface area contributed by atoms with E-state index in [1.165, 1.54) is 0 Å². The molecule has 0 aliphatic heterocycles. The number of halogens is 1. The summed E-state index contributed by atoms with van der Waals surface area (Å²) in [4.78, 5) is 10.8. The molecule has 1 aromatic heterocycles. The summed E-state index contributed by atoms with van der Waals surface area (Å²) in [6, 6.07) is 5.99. The minimum Gasteiger partial charge on any atom is -0.379 e. The summed E-state index contributed by atoms with van der Waals surface area (Å²) in [6.45, 7) is 6.18.